The summed E-state index contributed by atoms with van der Waals surface area (Å²) in [5.74, 6) is 0. The standard InChI is InChI=1S/C50H42N2/c1-49(2)28-29-50(3,4)43-32-47-41(31-42(43)49)40-30-35(51-44-24-13-11-20-38(44)39-21-12-14-25-45(39)51)26-27-46(40)52(47)48-36(33-16-7-5-8-17-33)22-15-23-37(48)34-18-9-6-10-19-34/h5-27,30-32H,28-29H2,1-4H3. The average molecular weight is 671 g/mol. The van der Waals surface area contributed by atoms with Crippen LogP contribution in [0.25, 0.3) is 77.2 Å². The van der Waals surface area contributed by atoms with Gasteiger partial charge in [0.15, 0.2) is 0 Å². The van der Waals surface area contributed by atoms with Crippen molar-refractivity contribution in [2.45, 2.75) is 51.4 Å². The summed E-state index contributed by atoms with van der Waals surface area (Å²) in [5.41, 5.74) is 15.4. The highest BCUT2D eigenvalue weighted by Gasteiger charge is 2.38. The highest BCUT2D eigenvalue weighted by molar-refractivity contribution is 6.13. The Labute approximate surface area is 305 Å². The minimum absolute atomic E-state index is 0.0790. The molecule has 0 radical (unpaired) electrons. The minimum Gasteiger partial charge on any atom is -0.309 e. The molecule has 2 nitrogen and oxygen atoms in total. The molecule has 1 aliphatic carbocycles. The third-order valence-corrected chi connectivity index (χ3v) is 12.0. The van der Waals surface area contributed by atoms with Crippen molar-refractivity contribution in [3.63, 3.8) is 0 Å². The first-order valence-electron chi connectivity index (χ1n) is 18.7. The van der Waals surface area contributed by atoms with Gasteiger partial charge >= 0.3 is 0 Å². The Bertz CT molecular complexity index is 2720. The Morgan fingerprint density at radius 3 is 1.44 bits per heavy atom. The van der Waals surface area contributed by atoms with Gasteiger partial charge in [0.05, 0.1) is 27.8 Å². The van der Waals surface area contributed by atoms with E-state index >= 15 is 0 Å². The number of aromatic nitrogens is 2. The molecule has 0 saturated heterocycles. The number of rotatable bonds is 4. The molecule has 2 aromatic heterocycles. The maximum Gasteiger partial charge on any atom is 0.0618 e. The summed E-state index contributed by atoms with van der Waals surface area (Å²) in [4.78, 5) is 0. The van der Waals surface area contributed by atoms with Crippen LogP contribution in [-0.2, 0) is 10.8 Å². The molecular formula is C50H42N2. The quantitative estimate of drug-likeness (QED) is 0.176. The lowest BCUT2D eigenvalue weighted by Gasteiger charge is -2.42. The summed E-state index contributed by atoms with van der Waals surface area (Å²) >= 11 is 0. The molecule has 2 heteroatoms. The molecule has 7 aromatic carbocycles. The Balaban J connectivity index is 1.37. The fourth-order valence-electron chi connectivity index (χ4n) is 9.13. The number of hydrogen-bond donors (Lipinski definition) is 0. The highest BCUT2D eigenvalue weighted by Crippen LogP contribution is 2.50. The van der Waals surface area contributed by atoms with Gasteiger partial charge in [-0.25, -0.2) is 0 Å². The summed E-state index contributed by atoms with van der Waals surface area (Å²) in [7, 11) is 0. The third kappa shape index (κ3) is 4.57. The van der Waals surface area contributed by atoms with Crippen molar-refractivity contribution < 1.29 is 0 Å². The summed E-state index contributed by atoms with van der Waals surface area (Å²) in [6, 6.07) is 58.5. The van der Waals surface area contributed by atoms with E-state index in [1.54, 1.807) is 0 Å². The first-order chi connectivity index (χ1) is 25.3. The van der Waals surface area contributed by atoms with Crippen molar-refractivity contribution in [3.05, 3.63) is 169 Å². The molecule has 252 valence electrons. The summed E-state index contributed by atoms with van der Waals surface area (Å²) in [5, 5.41) is 5.15. The first kappa shape index (κ1) is 30.9. The zero-order valence-corrected chi connectivity index (χ0v) is 30.3. The van der Waals surface area contributed by atoms with Crippen molar-refractivity contribution in [1.82, 2.24) is 9.13 Å². The largest absolute Gasteiger partial charge is 0.309 e. The monoisotopic (exact) mass is 670 g/mol. The van der Waals surface area contributed by atoms with E-state index in [2.05, 4.69) is 195 Å². The molecule has 0 atom stereocenters. The zero-order valence-electron chi connectivity index (χ0n) is 30.3. The highest BCUT2D eigenvalue weighted by atomic mass is 15.0. The Morgan fingerprint density at radius 2 is 0.865 bits per heavy atom. The van der Waals surface area contributed by atoms with Gasteiger partial charge in [0.1, 0.15) is 0 Å². The SMILES string of the molecule is CC1(C)CCC(C)(C)c2cc3c(cc21)c1cc(-n2c4ccccc4c4ccccc42)ccc1n3-c1c(-c2ccccc2)cccc1-c1ccccc1. The molecule has 9 aromatic rings. The lowest BCUT2D eigenvalue weighted by Crippen LogP contribution is -2.33. The third-order valence-electron chi connectivity index (χ3n) is 12.0. The van der Waals surface area contributed by atoms with E-state index in [1.807, 2.05) is 0 Å². The van der Waals surface area contributed by atoms with Crippen LogP contribution in [-0.4, -0.2) is 9.13 Å². The summed E-state index contributed by atoms with van der Waals surface area (Å²) < 4.78 is 5.04. The summed E-state index contributed by atoms with van der Waals surface area (Å²) in [6.07, 6.45) is 2.35. The van der Waals surface area contributed by atoms with Gasteiger partial charge < -0.3 is 9.13 Å². The zero-order chi connectivity index (χ0) is 35.2. The van der Waals surface area contributed by atoms with Crippen LogP contribution < -0.4 is 0 Å². The molecule has 2 heterocycles. The number of benzene rings is 7. The van der Waals surface area contributed by atoms with Gasteiger partial charge in [-0.1, -0.05) is 143 Å². The van der Waals surface area contributed by atoms with Gasteiger partial charge in [0, 0.05) is 38.4 Å². The van der Waals surface area contributed by atoms with E-state index in [4.69, 9.17) is 0 Å². The lowest BCUT2D eigenvalue weighted by molar-refractivity contribution is 0.332. The van der Waals surface area contributed by atoms with E-state index in [9.17, 15) is 0 Å². The predicted molar refractivity (Wildman–Crippen MR) is 221 cm³/mol. The van der Waals surface area contributed by atoms with Crippen LogP contribution in [0.15, 0.2) is 158 Å². The molecule has 10 rings (SSSR count). The maximum atomic E-state index is 2.59. The maximum absolute atomic E-state index is 2.59. The minimum atomic E-state index is 0.0790. The van der Waals surface area contributed by atoms with Crippen LogP contribution >= 0.6 is 0 Å². The molecule has 0 saturated carbocycles. The normalized spacial score (nSPS) is 15.1. The number of nitrogens with zero attached hydrogens (tertiary/aromatic N) is 2. The van der Waals surface area contributed by atoms with Gasteiger partial charge in [0.2, 0.25) is 0 Å². The van der Waals surface area contributed by atoms with E-state index in [-0.39, 0.29) is 10.8 Å². The Morgan fingerprint density at radius 1 is 0.385 bits per heavy atom. The molecule has 1 aliphatic rings. The number of para-hydroxylation sites is 3. The van der Waals surface area contributed by atoms with Gasteiger partial charge in [0.25, 0.3) is 0 Å². The smallest absolute Gasteiger partial charge is 0.0618 e. The summed E-state index contributed by atoms with van der Waals surface area (Å²) in [6.45, 7) is 9.75. The molecule has 0 aliphatic heterocycles. The number of fused-ring (bicyclic) bond motifs is 7. The van der Waals surface area contributed by atoms with Crippen LogP contribution in [0.2, 0.25) is 0 Å². The van der Waals surface area contributed by atoms with E-state index in [1.165, 1.54) is 101 Å². The van der Waals surface area contributed by atoms with Crippen LogP contribution in [0.4, 0.5) is 0 Å². The predicted octanol–water partition coefficient (Wildman–Crippen LogP) is 13.6. The van der Waals surface area contributed by atoms with Crippen LogP contribution in [0.5, 0.6) is 0 Å². The fraction of sp³-hybridized carbons (Fsp3) is 0.160. The molecule has 0 N–H and O–H groups in total. The second-order valence-corrected chi connectivity index (χ2v) is 16.0. The molecule has 0 bridgehead atoms. The molecular weight excluding hydrogens is 629 g/mol. The molecule has 0 spiro atoms. The van der Waals surface area contributed by atoms with E-state index in [0.717, 1.165) is 0 Å². The lowest BCUT2D eigenvalue weighted by atomic mass is 9.63. The van der Waals surface area contributed by atoms with Crippen molar-refractivity contribution in [3.8, 4) is 33.6 Å². The average Bonchev–Trinajstić information content (AvgIpc) is 3.68. The molecule has 0 amide bonds. The second-order valence-electron chi connectivity index (χ2n) is 16.0. The van der Waals surface area contributed by atoms with Crippen molar-refractivity contribution in [2.75, 3.05) is 0 Å². The van der Waals surface area contributed by atoms with Gasteiger partial charge in [-0.15, -0.1) is 0 Å². The fourth-order valence-corrected chi connectivity index (χ4v) is 9.13. The van der Waals surface area contributed by atoms with E-state index in [0.29, 0.717) is 0 Å². The van der Waals surface area contributed by atoms with Crippen molar-refractivity contribution in [1.29, 1.82) is 0 Å². The van der Waals surface area contributed by atoms with Gasteiger partial charge in [-0.3, -0.25) is 0 Å². The first-order valence-corrected chi connectivity index (χ1v) is 18.7. The van der Waals surface area contributed by atoms with Crippen molar-refractivity contribution in [2.24, 2.45) is 0 Å². The topological polar surface area (TPSA) is 9.86 Å². The van der Waals surface area contributed by atoms with Gasteiger partial charge in [-0.05, 0) is 88.4 Å². The van der Waals surface area contributed by atoms with E-state index < -0.39 is 0 Å². The molecule has 52 heavy (non-hydrogen) atoms. The molecule has 0 unspecified atom stereocenters. The molecule has 0 fully saturated rings. The van der Waals surface area contributed by atoms with Crippen LogP contribution in [0.1, 0.15) is 51.7 Å². The van der Waals surface area contributed by atoms with Crippen molar-refractivity contribution >= 4 is 43.6 Å². The van der Waals surface area contributed by atoms with Crippen LogP contribution in [0.3, 0.4) is 0 Å². The second kappa shape index (κ2) is 11.3. The number of hydrogen-bond acceptors (Lipinski definition) is 0. The Kier molecular flexibility index (Phi) is 6.73. The van der Waals surface area contributed by atoms with Gasteiger partial charge in [-0.2, -0.15) is 0 Å². The Hall–Kier alpha value is -5.86. The van der Waals surface area contributed by atoms with Crippen LogP contribution in [0, 0.1) is 0 Å².